The fraction of sp³-hybridized carbons (Fsp3) is 0.786. The summed E-state index contributed by atoms with van der Waals surface area (Å²) in [6, 6.07) is 0.351. The molecule has 2 N–H and O–H groups in total. The minimum Gasteiger partial charge on any atom is -0.388 e. The third kappa shape index (κ3) is 4.48. The standard InChI is InChI=1S/C14H26ClN3O/c1-6-11-13(15)12(18(7-2)17-11)8-14(5,19)9-16-10(3)4/h10,16,19H,6-9H2,1-5H3. The van der Waals surface area contributed by atoms with Crippen molar-refractivity contribution in [2.45, 2.75) is 65.6 Å². The number of aryl methyl sites for hydroxylation is 2. The van der Waals surface area contributed by atoms with Crippen LogP contribution in [0.1, 0.15) is 46.0 Å². The number of rotatable bonds is 7. The highest BCUT2D eigenvalue weighted by molar-refractivity contribution is 6.31. The van der Waals surface area contributed by atoms with E-state index in [9.17, 15) is 5.11 Å². The van der Waals surface area contributed by atoms with E-state index in [1.54, 1.807) is 0 Å². The summed E-state index contributed by atoms with van der Waals surface area (Å²) in [6.07, 6.45) is 1.32. The van der Waals surface area contributed by atoms with Gasteiger partial charge in [-0.1, -0.05) is 32.4 Å². The lowest BCUT2D eigenvalue weighted by molar-refractivity contribution is 0.0561. The summed E-state index contributed by atoms with van der Waals surface area (Å²) < 4.78 is 1.89. The number of hydrogen-bond donors (Lipinski definition) is 2. The van der Waals surface area contributed by atoms with E-state index in [0.29, 0.717) is 24.0 Å². The van der Waals surface area contributed by atoms with Crippen LogP contribution in [-0.4, -0.2) is 33.1 Å². The Morgan fingerprint density at radius 2 is 2.05 bits per heavy atom. The van der Waals surface area contributed by atoms with Gasteiger partial charge in [-0.2, -0.15) is 5.10 Å². The third-order valence-electron chi connectivity index (χ3n) is 3.13. The molecule has 0 fully saturated rings. The van der Waals surface area contributed by atoms with Crippen LogP contribution < -0.4 is 5.32 Å². The predicted molar refractivity (Wildman–Crippen MR) is 79.8 cm³/mol. The fourth-order valence-corrected chi connectivity index (χ4v) is 2.37. The molecule has 1 unspecified atom stereocenters. The highest BCUT2D eigenvalue weighted by atomic mass is 35.5. The Morgan fingerprint density at radius 3 is 2.53 bits per heavy atom. The molecule has 0 bridgehead atoms. The second kappa shape index (κ2) is 6.73. The number of nitrogens with one attached hydrogen (secondary N) is 1. The topological polar surface area (TPSA) is 50.1 Å². The van der Waals surface area contributed by atoms with Crippen molar-refractivity contribution in [3.8, 4) is 0 Å². The third-order valence-corrected chi connectivity index (χ3v) is 3.57. The van der Waals surface area contributed by atoms with Gasteiger partial charge >= 0.3 is 0 Å². The smallest absolute Gasteiger partial charge is 0.0850 e. The first kappa shape index (κ1) is 16.5. The maximum absolute atomic E-state index is 10.5. The zero-order chi connectivity index (χ0) is 14.6. The molecule has 1 aromatic rings. The van der Waals surface area contributed by atoms with Crippen molar-refractivity contribution >= 4 is 11.6 Å². The van der Waals surface area contributed by atoms with Crippen molar-refractivity contribution in [2.24, 2.45) is 0 Å². The molecule has 1 rings (SSSR count). The average molecular weight is 288 g/mol. The van der Waals surface area contributed by atoms with Gasteiger partial charge in [-0.25, -0.2) is 0 Å². The SMILES string of the molecule is CCc1nn(CC)c(CC(C)(O)CNC(C)C)c1Cl. The second-order valence-corrected chi connectivity index (χ2v) is 5.96. The van der Waals surface area contributed by atoms with Crippen LogP contribution >= 0.6 is 11.6 Å². The summed E-state index contributed by atoms with van der Waals surface area (Å²) in [7, 11) is 0. The summed E-state index contributed by atoms with van der Waals surface area (Å²) in [4.78, 5) is 0. The molecule has 1 atom stereocenters. The minimum atomic E-state index is -0.828. The fourth-order valence-electron chi connectivity index (χ4n) is 2.03. The zero-order valence-corrected chi connectivity index (χ0v) is 13.4. The van der Waals surface area contributed by atoms with Crippen molar-refractivity contribution in [1.82, 2.24) is 15.1 Å². The molecule has 1 heterocycles. The van der Waals surface area contributed by atoms with Crippen LogP contribution in [0.5, 0.6) is 0 Å². The number of nitrogens with zero attached hydrogens (tertiary/aromatic N) is 2. The van der Waals surface area contributed by atoms with E-state index in [4.69, 9.17) is 11.6 Å². The molecule has 19 heavy (non-hydrogen) atoms. The van der Waals surface area contributed by atoms with E-state index in [1.807, 2.05) is 25.5 Å². The number of aromatic nitrogens is 2. The van der Waals surface area contributed by atoms with E-state index in [1.165, 1.54) is 0 Å². The molecule has 5 heteroatoms. The van der Waals surface area contributed by atoms with Crippen molar-refractivity contribution in [1.29, 1.82) is 0 Å². The van der Waals surface area contributed by atoms with E-state index in [2.05, 4.69) is 24.3 Å². The Labute approximate surface area is 121 Å². The Bertz CT molecular complexity index is 413. The Hall–Kier alpha value is -0.580. The lowest BCUT2D eigenvalue weighted by Crippen LogP contribution is -2.42. The van der Waals surface area contributed by atoms with E-state index in [-0.39, 0.29) is 0 Å². The van der Waals surface area contributed by atoms with Gasteiger partial charge in [0.05, 0.1) is 22.0 Å². The molecular weight excluding hydrogens is 262 g/mol. The highest BCUT2D eigenvalue weighted by Gasteiger charge is 2.26. The molecule has 0 aliphatic rings. The van der Waals surface area contributed by atoms with Gasteiger partial charge in [0.15, 0.2) is 0 Å². The van der Waals surface area contributed by atoms with Gasteiger partial charge in [-0.3, -0.25) is 4.68 Å². The Kier molecular flexibility index (Phi) is 5.83. The van der Waals surface area contributed by atoms with E-state index < -0.39 is 5.60 Å². The van der Waals surface area contributed by atoms with Gasteiger partial charge in [-0.05, 0) is 20.3 Å². The van der Waals surface area contributed by atoms with Crippen molar-refractivity contribution < 1.29 is 5.11 Å². The first-order valence-corrected chi connectivity index (χ1v) is 7.38. The molecule has 0 saturated carbocycles. The maximum Gasteiger partial charge on any atom is 0.0850 e. The van der Waals surface area contributed by atoms with E-state index in [0.717, 1.165) is 24.4 Å². The summed E-state index contributed by atoms with van der Waals surface area (Å²) in [6.45, 7) is 11.3. The van der Waals surface area contributed by atoms with Crippen LogP contribution in [0, 0.1) is 0 Å². The van der Waals surface area contributed by atoms with Crippen LogP contribution in [0.4, 0.5) is 0 Å². The van der Waals surface area contributed by atoms with Gasteiger partial charge in [0.25, 0.3) is 0 Å². The molecular formula is C14H26ClN3O. The second-order valence-electron chi connectivity index (χ2n) is 5.59. The molecule has 1 aromatic heterocycles. The van der Waals surface area contributed by atoms with Gasteiger partial charge in [-0.15, -0.1) is 0 Å². The zero-order valence-electron chi connectivity index (χ0n) is 12.6. The molecule has 0 aliphatic heterocycles. The molecule has 0 saturated heterocycles. The molecule has 0 spiro atoms. The van der Waals surface area contributed by atoms with Crippen LogP contribution in [0.2, 0.25) is 5.02 Å². The van der Waals surface area contributed by atoms with Gasteiger partial charge in [0.2, 0.25) is 0 Å². The van der Waals surface area contributed by atoms with Gasteiger partial charge < -0.3 is 10.4 Å². The number of halogens is 1. The van der Waals surface area contributed by atoms with E-state index >= 15 is 0 Å². The first-order valence-electron chi connectivity index (χ1n) is 7.00. The minimum absolute atomic E-state index is 0.351. The maximum atomic E-state index is 10.5. The van der Waals surface area contributed by atoms with Gasteiger partial charge in [0.1, 0.15) is 0 Å². The molecule has 0 aromatic carbocycles. The van der Waals surface area contributed by atoms with Crippen molar-refractivity contribution in [3.63, 3.8) is 0 Å². The predicted octanol–water partition coefficient (Wildman–Crippen LogP) is 2.41. The van der Waals surface area contributed by atoms with Crippen LogP contribution in [0.3, 0.4) is 0 Å². The first-order chi connectivity index (χ1) is 8.80. The van der Waals surface area contributed by atoms with Crippen molar-refractivity contribution in [2.75, 3.05) is 6.54 Å². The summed E-state index contributed by atoms with van der Waals surface area (Å²) in [5, 5.41) is 18.9. The van der Waals surface area contributed by atoms with Gasteiger partial charge in [0, 0.05) is 25.6 Å². The lowest BCUT2D eigenvalue weighted by atomic mass is 9.99. The highest BCUT2D eigenvalue weighted by Crippen LogP contribution is 2.25. The summed E-state index contributed by atoms with van der Waals surface area (Å²) in [5.74, 6) is 0. The molecule has 0 radical (unpaired) electrons. The molecule has 0 amide bonds. The molecule has 4 nitrogen and oxygen atoms in total. The van der Waals surface area contributed by atoms with Crippen LogP contribution in [0.15, 0.2) is 0 Å². The van der Waals surface area contributed by atoms with Crippen LogP contribution in [0.25, 0.3) is 0 Å². The monoisotopic (exact) mass is 287 g/mol. The molecule has 0 aliphatic carbocycles. The Morgan fingerprint density at radius 1 is 1.42 bits per heavy atom. The Balaban J connectivity index is 2.88. The lowest BCUT2D eigenvalue weighted by Gasteiger charge is -2.25. The quantitative estimate of drug-likeness (QED) is 0.810. The average Bonchev–Trinajstić information content (AvgIpc) is 2.63. The number of aliphatic hydroxyl groups is 1. The summed E-state index contributed by atoms with van der Waals surface area (Å²) >= 11 is 6.36. The largest absolute Gasteiger partial charge is 0.388 e. The van der Waals surface area contributed by atoms with Crippen molar-refractivity contribution in [3.05, 3.63) is 16.4 Å². The van der Waals surface area contributed by atoms with Crippen LogP contribution in [-0.2, 0) is 19.4 Å². The molecule has 110 valence electrons. The number of hydrogen-bond acceptors (Lipinski definition) is 3. The summed E-state index contributed by atoms with van der Waals surface area (Å²) in [5.41, 5.74) is 1.01. The normalized spacial score (nSPS) is 14.9.